The maximum Gasteiger partial charge on any atom is 0.0342 e. The summed E-state index contributed by atoms with van der Waals surface area (Å²) in [6.45, 7) is 1.76. The van der Waals surface area contributed by atoms with E-state index in [1.54, 1.807) is 0 Å². The van der Waals surface area contributed by atoms with Gasteiger partial charge in [0.1, 0.15) is 0 Å². The molecule has 0 atom stereocenters. The third kappa shape index (κ3) is 4.09. The van der Waals surface area contributed by atoms with Gasteiger partial charge in [-0.1, -0.05) is 0 Å². The van der Waals surface area contributed by atoms with Crippen LogP contribution < -0.4 is 21.3 Å². The lowest BCUT2D eigenvalue weighted by atomic mass is 10.2. The number of hydrogen-bond donors (Lipinski definition) is 4. The molecular weight excluding hydrogens is 248 g/mol. The Bertz CT molecular complexity index is 456. The summed E-state index contributed by atoms with van der Waals surface area (Å²) in [5.41, 5.74) is 4.52. The molecule has 0 aliphatic carbocycles. The molecule has 4 N–H and O–H groups in total. The number of anilines is 4. The van der Waals surface area contributed by atoms with Crippen molar-refractivity contribution in [3.63, 3.8) is 0 Å². The smallest absolute Gasteiger partial charge is 0.0342 e. The van der Waals surface area contributed by atoms with Crippen LogP contribution in [0.25, 0.3) is 0 Å². The van der Waals surface area contributed by atoms with E-state index in [4.69, 9.17) is 0 Å². The highest BCUT2D eigenvalue weighted by atomic mass is 14.9. The van der Waals surface area contributed by atoms with Crippen LogP contribution in [0.5, 0.6) is 0 Å². The fourth-order valence-corrected chi connectivity index (χ4v) is 1.92. The molecule has 0 fully saturated rings. The van der Waals surface area contributed by atoms with Gasteiger partial charge in [-0.25, -0.2) is 0 Å². The molecule has 20 heavy (non-hydrogen) atoms. The summed E-state index contributed by atoms with van der Waals surface area (Å²) in [5.74, 6) is 0. The maximum atomic E-state index is 3.39. The van der Waals surface area contributed by atoms with Gasteiger partial charge in [0, 0.05) is 49.9 Å². The summed E-state index contributed by atoms with van der Waals surface area (Å²) in [7, 11) is 3.84. The van der Waals surface area contributed by atoms with Gasteiger partial charge >= 0.3 is 0 Å². The van der Waals surface area contributed by atoms with Gasteiger partial charge in [-0.2, -0.15) is 0 Å². The zero-order chi connectivity index (χ0) is 14.2. The Hall–Kier alpha value is -2.36. The molecule has 0 bridgehead atoms. The van der Waals surface area contributed by atoms with Crippen molar-refractivity contribution in [1.29, 1.82) is 0 Å². The Morgan fingerprint density at radius 3 is 1.15 bits per heavy atom. The van der Waals surface area contributed by atoms with Crippen LogP contribution in [-0.4, -0.2) is 27.2 Å². The first-order chi connectivity index (χ1) is 9.81. The van der Waals surface area contributed by atoms with Gasteiger partial charge in [0.2, 0.25) is 0 Å². The minimum atomic E-state index is 0.882. The minimum absolute atomic E-state index is 0.882. The normalized spacial score (nSPS) is 9.90. The predicted molar refractivity (Wildman–Crippen MR) is 89.0 cm³/mol. The van der Waals surface area contributed by atoms with Gasteiger partial charge in [-0.3, -0.25) is 0 Å². The van der Waals surface area contributed by atoms with Crippen molar-refractivity contribution in [3.8, 4) is 0 Å². The zero-order valence-electron chi connectivity index (χ0n) is 12.0. The van der Waals surface area contributed by atoms with E-state index in [0.29, 0.717) is 0 Å². The van der Waals surface area contributed by atoms with E-state index in [1.165, 1.54) is 0 Å². The van der Waals surface area contributed by atoms with Crippen LogP contribution in [0.15, 0.2) is 48.5 Å². The highest BCUT2D eigenvalue weighted by Crippen LogP contribution is 2.13. The van der Waals surface area contributed by atoms with Crippen LogP contribution in [0.4, 0.5) is 22.7 Å². The van der Waals surface area contributed by atoms with E-state index in [1.807, 2.05) is 14.1 Å². The molecule has 4 nitrogen and oxygen atoms in total. The average Bonchev–Trinajstić information content (AvgIpc) is 2.53. The van der Waals surface area contributed by atoms with Gasteiger partial charge in [0.05, 0.1) is 0 Å². The van der Waals surface area contributed by atoms with E-state index in [2.05, 4.69) is 69.8 Å². The fraction of sp³-hybridized carbons (Fsp3) is 0.250. The van der Waals surface area contributed by atoms with Crippen LogP contribution >= 0.6 is 0 Å². The van der Waals surface area contributed by atoms with Gasteiger partial charge in [-0.15, -0.1) is 0 Å². The maximum absolute atomic E-state index is 3.39. The first-order valence-electron chi connectivity index (χ1n) is 6.85. The van der Waals surface area contributed by atoms with Crippen LogP contribution in [-0.2, 0) is 0 Å². The molecule has 2 aromatic rings. The standard InChI is InChI=1S/C16H22N4/c1-17-13-3-7-15(8-4-13)19-11-12-20-16-9-5-14(18-2)6-10-16/h3-10,17-20H,11-12H2,1-2H3. The summed E-state index contributed by atoms with van der Waals surface area (Å²) < 4.78 is 0. The van der Waals surface area contributed by atoms with Crippen molar-refractivity contribution in [2.75, 3.05) is 48.5 Å². The lowest BCUT2D eigenvalue weighted by Crippen LogP contribution is -2.13. The van der Waals surface area contributed by atoms with Gasteiger partial charge in [-0.05, 0) is 48.5 Å². The van der Waals surface area contributed by atoms with Crippen LogP contribution in [0.3, 0.4) is 0 Å². The molecule has 4 heteroatoms. The van der Waals surface area contributed by atoms with Crippen molar-refractivity contribution in [3.05, 3.63) is 48.5 Å². The molecule has 0 spiro atoms. The Morgan fingerprint density at radius 2 is 0.850 bits per heavy atom. The Morgan fingerprint density at radius 1 is 0.550 bits per heavy atom. The zero-order valence-corrected chi connectivity index (χ0v) is 12.0. The largest absolute Gasteiger partial charge is 0.388 e. The summed E-state index contributed by atoms with van der Waals surface area (Å²) >= 11 is 0. The van der Waals surface area contributed by atoms with Crippen LogP contribution in [0.2, 0.25) is 0 Å². The molecule has 0 aromatic heterocycles. The predicted octanol–water partition coefficient (Wildman–Crippen LogP) is 3.29. The van der Waals surface area contributed by atoms with Crippen molar-refractivity contribution >= 4 is 22.7 Å². The van der Waals surface area contributed by atoms with Crippen molar-refractivity contribution in [2.24, 2.45) is 0 Å². The quantitative estimate of drug-likeness (QED) is 0.583. The lowest BCUT2D eigenvalue weighted by Gasteiger charge is -2.10. The first kappa shape index (κ1) is 14.1. The summed E-state index contributed by atoms with van der Waals surface area (Å²) in [5, 5.41) is 13.0. The second kappa shape index (κ2) is 7.28. The van der Waals surface area contributed by atoms with E-state index >= 15 is 0 Å². The average molecular weight is 270 g/mol. The third-order valence-corrected chi connectivity index (χ3v) is 3.13. The van der Waals surface area contributed by atoms with E-state index in [-0.39, 0.29) is 0 Å². The highest BCUT2D eigenvalue weighted by molar-refractivity contribution is 5.54. The lowest BCUT2D eigenvalue weighted by molar-refractivity contribution is 1.08. The minimum Gasteiger partial charge on any atom is -0.388 e. The summed E-state index contributed by atoms with van der Waals surface area (Å²) in [4.78, 5) is 0. The van der Waals surface area contributed by atoms with Crippen LogP contribution in [0.1, 0.15) is 0 Å². The number of benzene rings is 2. The van der Waals surface area contributed by atoms with Gasteiger partial charge < -0.3 is 21.3 Å². The number of hydrogen-bond acceptors (Lipinski definition) is 4. The summed E-state index contributed by atoms with van der Waals surface area (Å²) in [6.07, 6.45) is 0. The van der Waals surface area contributed by atoms with E-state index in [9.17, 15) is 0 Å². The molecule has 0 amide bonds. The van der Waals surface area contributed by atoms with Crippen molar-refractivity contribution < 1.29 is 0 Å². The second-order valence-electron chi connectivity index (χ2n) is 4.51. The number of rotatable bonds is 7. The van der Waals surface area contributed by atoms with E-state index in [0.717, 1.165) is 35.8 Å². The Kier molecular flexibility index (Phi) is 5.12. The third-order valence-electron chi connectivity index (χ3n) is 3.13. The molecular formula is C16H22N4. The van der Waals surface area contributed by atoms with Gasteiger partial charge in [0.25, 0.3) is 0 Å². The molecule has 2 aromatic carbocycles. The topological polar surface area (TPSA) is 48.1 Å². The molecule has 106 valence electrons. The number of nitrogens with one attached hydrogen (secondary N) is 4. The second-order valence-corrected chi connectivity index (χ2v) is 4.51. The first-order valence-corrected chi connectivity index (χ1v) is 6.85. The molecule has 2 rings (SSSR count). The molecule has 0 unspecified atom stereocenters. The van der Waals surface area contributed by atoms with Gasteiger partial charge in [0.15, 0.2) is 0 Å². The molecule has 0 aliphatic rings. The summed E-state index contributed by atoms with van der Waals surface area (Å²) in [6, 6.07) is 16.6. The Balaban J connectivity index is 1.72. The molecule has 0 saturated heterocycles. The van der Waals surface area contributed by atoms with Crippen molar-refractivity contribution in [2.45, 2.75) is 0 Å². The SMILES string of the molecule is CNc1ccc(NCCNc2ccc(NC)cc2)cc1. The Labute approximate surface area is 120 Å². The van der Waals surface area contributed by atoms with E-state index < -0.39 is 0 Å². The molecule has 0 heterocycles. The molecule has 0 aliphatic heterocycles. The monoisotopic (exact) mass is 270 g/mol. The van der Waals surface area contributed by atoms with Crippen LogP contribution in [0, 0.1) is 0 Å². The molecule has 0 radical (unpaired) electrons. The van der Waals surface area contributed by atoms with Crippen molar-refractivity contribution in [1.82, 2.24) is 0 Å². The molecule has 0 saturated carbocycles. The fourth-order valence-electron chi connectivity index (χ4n) is 1.92. The highest BCUT2D eigenvalue weighted by Gasteiger charge is 1.94.